The largest absolute Gasteiger partial charge is 0.489 e. The summed E-state index contributed by atoms with van der Waals surface area (Å²) in [5.74, 6) is 0.898. The number of nitrogens with one attached hydrogen (secondary N) is 1. The molecule has 0 atom stereocenters. The van der Waals surface area contributed by atoms with Gasteiger partial charge in [-0.1, -0.05) is 48.5 Å². The third kappa shape index (κ3) is 4.55. The van der Waals surface area contributed by atoms with Crippen LogP contribution in [-0.4, -0.2) is 17.8 Å². The lowest BCUT2D eigenvalue weighted by Gasteiger charge is -2.10. The molecule has 4 rings (SSSR count). The molecule has 0 aliphatic heterocycles. The zero-order valence-electron chi connectivity index (χ0n) is 17.4. The number of aryl methyl sites for hydroxylation is 1. The van der Waals surface area contributed by atoms with Gasteiger partial charge in [0.1, 0.15) is 12.4 Å². The predicted molar refractivity (Wildman–Crippen MR) is 128 cm³/mol. The van der Waals surface area contributed by atoms with E-state index in [9.17, 15) is 0 Å². The van der Waals surface area contributed by atoms with Gasteiger partial charge in [-0.25, -0.2) is 0 Å². The molecule has 4 heteroatoms. The van der Waals surface area contributed by atoms with E-state index in [1.54, 1.807) is 11.8 Å². The van der Waals surface area contributed by atoms with Crippen LogP contribution in [0.3, 0.4) is 0 Å². The highest BCUT2D eigenvalue weighted by Crippen LogP contribution is 2.37. The molecule has 0 unspecified atom stereocenters. The van der Waals surface area contributed by atoms with Crippen LogP contribution in [0.15, 0.2) is 77.7 Å². The van der Waals surface area contributed by atoms with Crippen LogP contribution >= 0.6 is 11.8 Å². The van der Waals surface area contributed by atoms with E-state index in [0.717, 1.165) is 37.1 Å². The highest BCUT2D eigenvalue weighted by Gasteiger charge is 2.16. The van der Waals surface area contributed by atoms with E-state index in [0.29, 0.717) is 6.61 Å². The fraction of sp³-hybridized carbons (Fsp3) is 0.231. The Morgan fingerprint density at radius 1 is 0.933 bits per heavy atom. The van der Waals surface area contributed by atoms with E-state index >= 15 is 0 Å². The van der Waals surface area contributed by atoms with Crippen LogP contribution in [0, 0.1) is 0 Å². The number of nitrogens with two attached hydrogens (primary N) is 1. The summed E-state index contributed by atoms with van der Waals surface area (Å²) in [5.41, 5.74) is 11.9. The summed E-state index contributed by atoms with van der Waals surface area (Å²) < 4.78 is 6.10. The Kier molecular flexibility index (Phi) is 6.77. The maximum absolute atomic E-state index is 6.10. The quantitative estimate of drug-likeness (QED) is 0.245. The van der Waals surface area contributed by atoms with Gasteiger partial charge in [-0.05, 0) is 67.5 Å². The monoisotopic (exact) mass is 416 g/mol. The molecule has 4 aromatic rings. The number of hydrogen-bond acceptors (Lipinski definition) is 3. The van der Waals surface area contributed by atoms with Crippen LogP contribution in [-0.2, 0) is 13.0 Å². The summed E-state index contributed by atoms with van der Waals surface area (Å²) >= 11 is 1.78. The number of rotatable bonds is 9. The Morgan fingerprint density at radius 3 is 2.53 bits per heavy atom. The molecule has 0 aliphatic carbocycles. The number of aromatic amines is 1. The van der Waals surface area contributed by atoms with Crippen LogP contribution in [0.2, 0.25) is 0 Å². The molecule has 0 saturated carbocycles. The summed E-state index contributed by atoms with van der Waals surface area (Å²) in [4.78, 5) is 4.97. The molecular formula is C26H28N2OS. The van der Waals surface area contributed by atoms with Crippen molar-refractivity contribution >= 4 is 22.7 Å². The first kappa shape index (κ1) is 20.6. The van der Waals surface area contributed by atoms with Gasteiger partial charge in [-0.15, -0.1) is 11.8 Å². The molecule has 0 radical (unpaired) electrons. The Bertz CT molecular complexity index is 1100. The Hall–Kier alpha value is -2.69. The molecule has 3 aromatic carbocycles. The van der Waals surface area contributed by atoms with Gasteiger partial charge in [0.2, 0.25) is 0 Å². The molecule has 0 aliphatic rings. The van der Waals surface area contributed by atoms with Crippen LogP contribution in [0.4, 0.5) is 0 Å². The average Bonchev–Trinajstić information content (AvgIpc) is 3.16. The van der Waals surface area contributed by atoms with Gasteiger partial charge in [0.15, 0.2) is 0 Å². The van der Waals surface area contributed by atoms with Crippen molar-refractivity contribution < 1.29 is 4.74 Å². The van der Waals surface area contributed by atoms with Crippen molar-refractivity contribution in [2.45, 2.75) is 30.8 Å². The second-order valence-corrected chi connectivity index (χ2v) is 8.25. The van der Waals surface area contributed by atoms with Crippen molar-refractivity contribution in [2.24, 2.45) is 5.73 Å². The molecule has 0 bridgehead atoms. The summed E-state index contributed by atoms with van der Waals surface area (Å²) in [6, 6.07) is 25.2. The number of unbranched alkanes of at least 4 members (excludes halogenated alkanes) is 1. The van der Waals surface area contributed by atoms with Crippen molar-refractivity contribution in [3.63, 3.8) is 0 Å². The van der Waals surface area contributed by atoms with Gasteiger partial charge < -0.3 is 15.5 Å². The van der Waals surface area contributed by atoms with Crippen molar-refractivity contribution in [1.29, 1.82) is 0 Å². The van der Waals surface area contributed by atoms with E-state index in [1.165, 1.54) is 32.7 Å². The fourth-order valence-corrected chi connectivity index (χ4v) is 4.45. The molecule has 30 heavy (non-hydrogen) atoms. The molecule has 1 heterocycles. The molecule has 1 aromatic heterocycles. The third-order valence-electron chi connectivity index (χ3n) is 5.38. The predicted octanol–water partition coefficient (Wildman–Crippen LogP) is 6.42. The SMILES string of the molecule is CSc1ccccc1-c1[nH]c2ccc(OCc3ccccc3)cc2c1CCCCN. The number of H-pyrrole nitrogens is 1. The van der Waals surface area contributed by atoms with Gasteiger partial charge in [-0.3, -0.25) is 0 Å². The number of hydrogen-bond donors (Lipinski definition) is 2. The van der Waals surface area contributed by atoms with E-state index in [-0.39, 0.29) is 0 Å². The average molecular weight is 417 g/mol. The maximum Gasteiger partial charge on any atom is 0.120 e. The second-order valence-electron chi connectivity index (χ2n) is 7.41. The Labute approximate surface area is 182 Å². The number of aromatic nitrogens is 1. The molecule has 0 saturated heterocycles. The molecule has 3 nitrogen and oxygen atoms in total. The molecule has 0 spiro atoms. The second kappa shape index (κ2) is 9.88. The molecule has 3 N–H and O–H groups in total. The smallest absolute Gasteiger partial charge is 0.120 e. The van der Waals surface area contributed by atoms with E-state index in [4.69, 9.17) is 10.5 Å². The lowest BCUT2D eigenvalue weighted by Crippen LogP contribution is -1.99. The zero-order chi connectivity index (χ0) is 20.8. The van der Waals surface area contributed by atoms with Crippen molar-refractivity contribution in [3.05, 3.63) is 83.9 Å². The summed E-state index contributed by atoms with van der Waals surface area (Å²) in [5, 5.41) is 1.24. The fourth-order valence-electron chi connectivity index (χ4n) is 3.84. The minimum atomic E-state index is 0.571. The van der Waals surface area contributed by atoms with E-state index in [1.807, 2.05) is 18.2 Å². The lowest BCUT2D eigenvalue weighted by molar-refractivity contribution is 0.306. The molecule has 0 amide bonds. The number of fused-ring (bicyclic) bond motifs is 1. The Balaban J connectivity index is 1.71. The normalized spacial score (nSPS) is 11.1. The standard InChI is InChI=1S/C26H28N2OS/c1-30-25-13-6-5-12-22(25)26-21(11-7-8-16-27)23-17-20(14-15-24(23)28-26)29-18-19-9-3-2-4-10-19/h2-6,9-10,12-15,17,28H,7-8,11,16,18,27H2,1H3. The minimum Gasteiger partial charge on any atom is -0.489 e. The Morgan fingerprint density at radius 2 is 1.73 bits per heavy atom. The van der Waals surface area contributed by atoms with E-state index < -0.39 is 0 Å². The number of benzene rings is 3. The highest BCUT2D eigenvalue weighted by molar-refractivity contribution is 7.98. The van der Waals surface area contributed by atoms with Crippen LogP contribution in [0.1, 0.15) is 24.0 Å². The van der Waals surface area contributed by atoms with E-state index in [2.05, 4.69) is 65.8 Å². The van der Waals surface area contributed by atoms with Crippen LogP contribution in [0.5, 0.6) is 5.75 Å². The van der Waals surface area contributed by atoms with Gasteiger partial charge in [0.05, 0.1) is 5.69 Å². The molecule has 0 fully saturated rings. The lowest BCUT2D eigenvalue weighted by atomic mass is 10.00. The number of thioether (sulfide) groups is 1. The molecular weight excluding hydrogens is 388 g/mol. The van der Waals surface area contributed by atoms with Crippen molar-refractivity contribution in [3.8, 4) is 17.0 Å². The zero-order valence-corrected chi connectivity index (χ0v) is 18.2. The summed E-state index contributed by atoms with van der Waals surface area (Å²) in [6.07, 6.45) is 5.23. The topological polar surface area (TPSA) is 51.0 Å². The first-order valence-corrected chi connectivity index (χ1v) is 11.7. The maximum atomic E-state index is 6.10. The summed E-state index contributed by atoms with van der Waals surface area (Å²) in [7, 11) is 0. The first-order valence-electron chi connectivity index (χ1n) is 10.4. The first-order chi connectivity index (χ1) is 14.8. The van der Waals surface area contributed by atoms with Gasteiger partial charge in [-0.2, -0.15) is 0 Å². The number of ether oxygens (including phenoxy) is 1. The minimum absolute atomic E-state index is 0.571. The summed E-state index contributed by atoms with van der Waals surface area (Å²) in [6.45, 7) is 1.30. The molecule has 154 valence electrons. The highest BCUT2D eigenvalue weighted by atomic mass is 32.2. The van der Waals surface area contributed by atoms with Gasteiger partial charge in [0.25, 0.3) is 0 Å². The van der Waals surface area contributed by atoms with Crippen LogP contribution < -0.4 is 10.5 Å². The van der Waals surface area contributed by atoms with Crippen molar-refractivity contribution in [2.75, 3.05) is 12.8 Å². The van der Waals surface area contributed by atoms with Gasteiger partial charge in [0, 0.05) is 21.4 Å². The third-order valence-corrected chi connectivity index (χ3v) is 6.18. The van der Waals surface area contributed by atoms with Crippen LogP contribution in [0.25, 0.3) is 22.2 Å². The van der Waals surface area contributed by atoms with Crippen molar-refractivity contribution in [1.82, 2.24) is 4.98 Å². The van der Waals surface area contributed by atoms with Gasteiger partial charge >= 0.3 is 0 Å².